The predicted octanol–water partition coefficient (Wildman–Crippen LogP) is 1.62. The Morgan fingerprint density at radius 2 is 2.06 bits per heavy atom. The Morgan fingerprint density at radius 3 is 2.59 bits per heavy atom. The fraction of sp³-hybridized carbons (Fsp3) is 0.462. The molecule has 1 aromatic rings. The summed E-state index contributed by atoms with van der Waals surface area (Å²) in [6, 6.07) is 7.08. The molecule has 0 heterocycles. The van der Waals surface area contributed by atoms with E-state index in [0.717, 1.165) is 5.69 Å². The first kappa shape index (κ1) is 13.5. The van der Waals surface area contributed by atoms with Gasteiger partial charge in [-0.05, 0) is 39.0 Å². The number of aliphatic hydroxyl groups is 1. The predicted molar refractivity (Wildman–Crippen MR) is 69.2 cm³/mol. The lowest BCUT2D eigenvalue weighted by molar-refractivity contribution is 0.0649. The van der Waals surface area contributed by atoms with Gasteiger partial charge in [0.25, 0.3) is 5.91 Å². The maximum absolute atomic E-state index is 11.5. The smallest absolute Gasteiger partial charge is 0.251 e. The highest BCUT2D eigenvalue weighted by Gasteiger charge is 2.21. The third-order valence-corrected chi connectivity index (χ3v) is 2.79. The zero-order valence-corrected chi connectivity index (χ0v) is 10.7. The fourth-order valence-corrected chi connectivity index (χ4v) is 1.32. The van der Waals surface area contributed by atoms with Crippen LogP contribution in [0.4, 0.5) is 5.69 Å². The van der Waals surface area contributed by atoms with Gasteiger partial charge < -0.3 is 15.7 Å². The topological polar surface area (TPSA) is 61.4 Å². The highest BCUT2D eigenvalue weighted by atomic mass is 16.3. The first-order chi connectivity index (χ1) is 7.84. The molecule has 0 aliphatic carbocycles. The lowest BCUT2D eigenvalue weighted by atomic mass is 10.0. The van der Waals surface area contributed by atoms with E-state index in [1.165, 1.54) is 0 Å². The molecule has 4 nitrogen and oxygen atoms in total. The first-order valence-electron chi connectivity index (χ1n) is 5.65. The molecule has 0 fully saturated rings. The van der Waals surface area contributed by atoms with Crippen molar-refractivity contribution in [2.24, 2.45) is 0 Å². The number of hydrogen-bond donors (Lipinski definition) is 3. The quantitative estimate of drug-likeness (QED) is 0.744. The summed E-state index contributed by atoms with van der Waals surface area (Å²) >= 11 is 0. The summed E-state index contributed by atoms with van der Waals surface area (Å²) in [4.78, 5) is 11.5. The minimum atomic E-state index is -0.816. The average Bonchev–Trinajstić information content (AvgIpc) is 2.27. The van der Waals surface area contributed by atoms with Crippen LogP contribution in [0.1, 0.15) is 31.1 Å². The molecule has 0 aliphatic heterocycles. The number of carbonyl (C=O) groups excluding carboxylic acids is 1. The van der Waals surface area contributed by atoms with Gasteiger partial charge in [-0.3, -0.25) is 4.79 Å². The van der Waals surface area contributed by atoms with Gasteiger partial charge in [-0.1, -0.05) is 6.07 Å². The van der Waals surface area contributed by atoms with Crippen molar-refractivity contribution in [2.45, 2.75) is 32.4 Å². The molecule has 0 spiro atoms. The third kappa shape index (κ3) is 3.75. The Hall–Kier alpha value is -1.55. The van der Waals surface area contributed by atoms with Crippen molar-refractivity contribution >= 4 is 11.6 Å². The monoisotopic (exact) mass is 236 g/mol. The summed E-state index contributed by atoms with van der Waals surface area (Å²) in [5, 5.41) is 15.6. The maximum Gasteiger partial charge on any atom is 0.251 e. The molecular formula is C13H20N2O2. The molecule has 94 valence electrons. The van der Waals surface area contributed by atoms with Crippen molar-refractivity contribution in [3.05, 3.63) is 29.8 Å². The molecule has 4 heteroatoms. The number of rotatable bonds is 4. The fourth-order valence-electron chi connectivity index (χ4n) is 1.32. The van der Waals surface area contributed by atoms with Crippen LogP contribution in [-0.2, 0) is 0 Å². The van der Waals surface area contributed by atoms with Gasteiger partial charge in [0.15, 0.2) is 0 Å². The molecule has 1 rings (SSSR count). The molecule has 17 heavy (non-hydrogen) atoms. The van der Waals surface area contributed by atoms with Crippen LogP contribution in [0.25, 0.3) is 0 Å². The highest BCUT2D eigenvalue weighted by molar-refractivity contribution is 5.94. The van der Waals surface area contributed by atoms with E-state index in [9.17, 15) is 9.90 Å². The van der Waals surface area contributed by atoms with Crippen molar-refractivity contribution in [1.29, 1.82) is 0 Å². The second-order valence-electron chi connectivity index (χ2n) is 4.68. The van der Waals surface area contributed by atoms with Crippen LogP contribution in [0.3, 0.4) is 0 Å². The lowest BCUT2D eigenvalue weighted by Crippen LogP contribution is -2.39. The average molecular weight is 236 g/mol. The summed E-state index contributed by atoms with van der Waals surface area (Å²) < 4.78 is 0. The van der Waals surface area contributed by atoms with E-state index >= 15 is 0 Å². The van der Waals surface area contributed by atoms with Gasteiger partial charge in [0.1, 0.15) is 0 Å². The van der Waals surface area contributed by atoms with E-state index < -0.39 is 5.60 Å². The lowest BCUT2D eigenvalue weighted by Gasteiger charge is -2.27. The van der Waals surface area contributed by atoms with Gasteiger partial charge in [-0.2, -0.15) is 0 Å². The first-order valence-corrected chi connectivity index (χ1v) is 5.65. The zero-order chi connectivity index (χ0) is 13.1. The normalized spacial score (nSPS) is 13.0. The summed E-state index contributed by atoms with van der Waals surface area (Å²) in [5.41, 5.74) is 0.601. The van der Waals surface area contributed by atoms with Gasteiger partial charge in [0.05, 0.1) is 11.6 Å². The molecule has 0 aromatic heterocycles. The number of amides is 1. The number of anilines is 1. The summed E-state index contributed by atoms with van der Waals surface area (Å²) in [7, 11) is 1.60. The van der Waals surface area contributed by atoms with Gasteiger partial charge in [0, 0.05) is 18.3 Å². The van der Waals surface area contributed by atoms with Crippen LogP contribution in [0, 0.1) is 0 Å². The Morgan fingerprint density at radius 1 is 1.41 bits per heavy atom. The van der Waals surface area contributed by atoms with E-state index in [2.05, 4.69) is 10.6 Å². The molecule has 0 saturated carbocycles. The van der Waals surface area contributed by atoms with Crippen LogP contribution < -0.4 is 10.6 Å². The summed E-state index contributed by atoms with van der Waals surface area (Å²) in [5.74, 6) is -0.121. The number of hydrogen-bond acceptors (Lipinski definition) is 3. The number of nitrogens with one attached hydrogen (secondary N) is 2. The molecule has 1 atom stereocenters. The molecule has 1 amide bonds. The van der Waals surface area contributed by atoms with Crippen molar-refractivity contribution in [2.75, 3.05) is 12.4 Å². The Bertz CT molecular complexity index is 397. The van der Waals surface area contributed by atoms with Crippen LogP contribution in [0.15, 0.2) is 24.3 Å². The summed E-state index contributed by atoms with van der Waals surface area (Å²) in [6.07, 6.45) is 0. The van der Waals surface area contributed by atoms with Gasteiger partial charge in [-0.15, -0.1) is 0 Å². The second-order valence-corrected chi connectivity index (χ2v) is 4.68. The van der Waals surface area contributed by atoms with E-state index in [1.54, 1.807) is 33.0 Å². The van der Waals surface area contributed by atoms with E-state index in [-0.39, 0.29) is 11.9 Å². The zero-order valence-electron chi connectivity index (χ0n) is 10.7. The Balaban J connectivity index is 2.83. The van der Waals surface area contributed by atoms with Crippen molar-refractivity contribution < 1.29 is 9.90 Å². The second kappa shape index (κ2) is 5.19. The van der Waals surface area contributed by atoms with E-state index in [1.807, 2.05) is 19.1 Å². The minimum absolute atomic E-state index is 0.109. The van der Waals surface area contributed by atoms with Crippen molar-refractivity contribution in [3.8, 4) is 0 Å². The molecule has 1 aromatic carbocycles. The highest BCUT2D eigenvalue weighted by Crippen LogP contribution is 2.16. The van der Waals surface area contributed by atoms with Gasteiger partial charge in [0.2, 0.25) is 0 Å². The van der Waals surface area contributed by atoms with Gasteiger partial charge in [-0.25, -0.2) is 0 Å². The number of carbonyl (C=O) groups is 1. The number of benzene rings is 1. The van der Waals surface area contributed by atoms with Crippen LogP contribution >= 0.6 is 0 Å². The van der Waals surface area contributed by atoms with Crippen LogP contribution in [0.2, 0.25) is 0 Å². The third-order valence-electron chi connectivity index (χ3n) is 2.79. The molecule has 0 aliphatic rings. The van der Waals surface area contributed by atoms with Gasteiger partial charge >= 0.3 is 0 Å². The molecule has 1 unspecified atom stereocenters. The minimum Gasteiger partial charge on any atom is -0.388 e. The summed E-state index contributed by atoms with van der Waals surface area (Å²) in [6.45, 7) is 5.38. The molecule has 0 radical (unpaired) electrons. The molecular weight excluding hydrogens is 216 g/mol. The largest absolute Gasteiger partial charge is 0.388 e. The van der Waals surface area contributed by atoms with E-state index in [4.69, 9.17) is 0 Å². The van der Waals surface area contributed by atoms with Crippen LogP contribution in [0.5, 0.6) is 0 Å². The van der Waals surface area contributed by atoms with Crippen molar-refractivity contribution in [3.63, 3.8) is 0 Å². The standard InChI is InChI=1S/C13H20N2O2/c1-9(13(2,3)17)15-11-7-5-6-10(8-11)12(16)14-4/h5-9,15,17H,1-4H3,(H,14,16). The maximum atomic E-state index is 11.5. The molecule has 0 bridgehead atoms. The van der Waals surface area contributed by atoms with E-state index in [0.29, 0.717) is 5.56 Å². The SMILES string of the molecule is CNC(=O)c1cccc(NC(C)C(C)(C)O)c1. The van der Waals surface area contributed by atoms with Crippen LogP contribution in [-0.4, -0.2) is 29.7 Å². The Kier molecular flexibility index (Phi) is 4.12. The molecule has 3 N–H and O–H groups in total. The molecule has 0 saturated heterocycles. The van der Waals surface area contributed by atoms with Crippen molar-refractivity contribution in [1.82, 2.24) is 5.32 Å². The Labute approximate surface area is 102 Å².